The van der Waals surface area contributed by atoms with Crippen molar-refractivity contribution in [2.75, 3.05) is 25.5 Å². The number of rotatable bonds is 3. The van der Waals surface area contributed by atoms with E-state index in [1.807, 2.05) is 0 Å². The van der Waals surface area contributed by atoms with Crippen LogP contribution in [0.3, 0.4) is 0 Å². The molecule has 0 saturated carbocycles. The Kier molecular flexibility index (Phi) is 4.29. The van der Waals surface area contributed by atoms with E-state index < -0.39 is 26.5 Å². The van der Waals surface area contributed by atoms with Gasteiger partial charge in [0, 0.05) is 25.9 Å². The summed E-state index contributed by atoms with van der Waals surface area (Å²) in [5, 5.41) is 3.36. The van der Waals surface area contributed by atoms with Crippen molar-refractivity contribution in [2.45, 2.75) is 28.6 Å². The highest BCUT2D eigenvalue weighted by Gasteiger charge is 2.36. The molecule has 1 aromatic carbocycles. The summed E-state index contributed by atoms with van der Waals surface area (Å²) in [6.07, 6.45) is -0.609. The van der Waals surface area contributed by atoms with Crippen LogP contribution in [-0.4, -0.2) is 44.0 Å². The molecule has 1 fully saturated rings. The largest absolute Gasteiger partial charge is 0.384 e. The third-order valence-corrected chi connectivity index (χ3v) is 6.74. The van der Waals surface area contributed by atoms with Crippen LogP contribution in [0.25, 0.3) is 5.82 Å². The summed E-state index contributed by atoms with van der Waals surface area (Å²) in [6, 6.07) is 5.00. The number of sulfone groups is 1. The summed E-state index contributed by atoms with van der Waals surface area (Å²) in [5.41, 5.74) is 5.93. The van der Waals surface area contributed by atoms with E-state index in [4.69, 9.17) is 5.73 Å². The standard InChI is InChI=1S/C17H18F3N5O2S/c18-10-3-1-2-4-11(10)28(26,27)14-12-13(24-15(14)21)16(23-9-22-12)25-7-5-17(19,20)6-8-25/h1-4,23-24H,5-9,21H2. The van der Waals surface area contributed by atoms with Crippen molar-refractivity contribution in [1.82, 2.24) is 15.2 Å². The van der Waals surface area contributed by atoms with Gasteiger partial charge >= 0.3 is 0 Å². The number of likely N-dealkylation sites (tertiary alicyclic amines) is 1. The second kappa shape index (κ2) is 6.43. The average Bonchev–Trinajstić information content (AvgIpc) is 2.98. The van der Waals surface area contributed by atoms with Crippen molar-refractivity contribution < 1.29 is 21.6 Å². The van der Waals surface area contributed by atoms with Crippen LogP contribution in [0.2, 0.25) is 0 Å². The number of benzene rings is 1. The lowest BCUT2D eigenvalue weighted by molar-refractivity contribution is -0.0460. The van der Waals surface area contributed by atoms with Crippen LogP contribution in [0.1, 0.15) is 12.8 Å². The van der Waals surface area contributed by atoms with Gasteiger partial charge in [0.25, 0.3) is 5.92 Å². The Bertz CT molecular complexity index is 1150. The van der Waals surface area contributed by atoms with Gasteiger partial charge in [0.2, 0.25) is 9.84 Å². The Morgan fingerprint density at radius 2 is 1.86 bits per heavy atom. The Labute approximate surface area is 158 Å². The summed E-state index contributed by atoms with van der Waals surface area (Å²) < 4.78 is 67.1. The Morgan fingerprint density at radius 3 is 2.54 bits per heavy atom. The van der Waals surface area contributed by atoms with Gasteiger partial charge in [0.05, 0.1) is 0 Å². The summed E-state index contributed by atoms with van der Waals surface area (Å²) in [5.74, 6) is -3.33. The van der Waals surface area contributed by atoms with Crippen molar-refractivity contribution in [3.05, 3.63) is 40.8 Å². The minimum absolute atomic E-state index is 0.0479. The number of hydrogen-bond acceptors (Lipinski definition) is 6. The van der Waals surface area contributed by atoms with Crippen LogP contribution in [0.5, 0.6) is 0 Å². The predicted octanol–water partition coefficient (Wildman–Crippen LogP) is 0.546. The van der Waals surface area contributed by atoms with E-state index in [1.54, 1.807) is 4.90 Å². The SMILES string of the molecule is Nc1[nH]c2c(c1S(=O)(=O)c1ccccc1F)=NCNC=2N1CCC(F)(F)CC1. The highest BCUT2D eigenvalue weighted by atomic mass is 32.2. The number of nitrogens with two attached hydrogens (primary N) is 1. The van der Waals surface area contributed by atoms with Crippen LogP contribution in [0.15, 0.2) is 39.0 Å². The first-order valence-corrected chi connectivity index (χ1v) is 10.1. The third-order valence-electron chi connectivity index (χ3n) is 4.88. The first-order chi connectivity index (χ1) is 13.2. The molecule has 1 saturated heterocycles. The first-order valence-electron chi connectivity index (χ1n) is 8.63. The molecule has 28 heavy (non-hydrogen) atoms. The quantitative estimate of drug-likeness (QED) is 0.682. The number of halogens is 3. The lowest BCUT2D eigenvalue weighted by Gasteiger charge is -2.35. The maximum absolute atomic E-state index is 14.1. The normalized spacial score (nSPS) is 19.0. The monoisotopic (exact) mass is 413 g/mol. The van der Waals surface area contributed by atoms with Gasteiger partial charge in [0.15, 0.2) is 0 Å². The van der Waals surface area contributed by atoms with Crippen molar-refractivity contribution >= 4 is 21.5 Å². The molecule has 0 unspecified atom stereocenters. The fourth-order valence-corrected chi connectivity index (χ4v) is 5.03. The lowest BCUT2D eigenvalue weighted by Crippen LogP contribution is -2.49. The van der Waals surface area contributed by atoms with Gasteiger partial charge in [-0.3, -0.25) is 4.99 Å². The van der Waals surface area contributed by atoms with E-state index in [0.717, 1.165) is 12.1 Å². The topological polar surface area (TPSA) is 104 Å². The highest BCUT2D eigenvalue weighted by Crippen LogP contribution is 2.29. The molecule has 150 valence electrons. The summed E-state index contributed by atoms with van der Waals surface area (Å²) >= 11 is 0. The number of H-pyrrole nitrogens is 1. The number of piperidine rings is 1. The molecule has 1 aromatic heterocycles. The number of alkyl halides is 2. The molecule has 0 bridgehead atoms. The zero-order chi connectivity index (χ0) is 20.1. The smallest absolute Gasteiger partial charge is 0.251 e. The van der Waals surface area contributed by atoms with E-state index in [0.29, 0.717) is 11.2 Å². The predicted molar refractivity (Wildman–Crippen MR) is 95.0 cm³/mol. The number of fused-ring (bicyclic) bond motifs is 1. The van der Waals surface area contributed by atoms with Crippen molar-refractivity contribution in [1.29, 1.82) is 0 Å². The molecule has 2 aliphatic heterocycles. The second-order valence-corrected chi connectivity index (χ2v) is 8.56. The maximum Gasteiger partial charge on any atom is 0.251 e. The van der Waals surface area contributed by atoms with Crippen LogP contribution in [0, 0.1) is 5.82 Å². The minimum atomic E-state index is -4.28. The van der Waals surface area contributed by atoms with Gasteiger partial charge < -0.3 is 20.9 Å². The van der Waals surface area contributed by atoms with Crippen LogP contribution in [-0.2, 0) is 9.84 Å². The highest BCUT2D eigenvalue weighted by molar-refractivity contribution is 7.91. The summed E-state index contributed by atoms with van der Waals surface area (Å²) in [7, 11) is -4.28. The molecule has 0 aliphatic carbocycles. The molecule has 3 heterocycles. The number of nitrogens with one attached hydrogen (secondary N) is 2. The number of nitrogens with zero attached hydrogens (tertiary/aromatic N) is 2. The molecular formula is C17H18F3N5O2S. The minimum Gasteiger partial charge on any atom is -0.384 e. The molecule has 11 heteroatoms. The van der Waals surface area contributed by atoms with E-state index in [-0.39, 0.29) is 48.7 Å². The maximum atomic E-state index is 14.1. The molecule has 4 N–H and O–H groups in total. The molecule has 0 spiro atoms. The molecule has 2 aliphatic rings. The van der Waals surface area contributed by atoms with E-state index in [9.17, 15) is 21.6 Å². The number of nitrogen functional groups attached to an aromatic ring is 1. The number of aromatic amines is 1. The molecule has 4 rings (SSSR count). The Hall–Kier alpha value is -2.69. The number of aromatic nitrogens is 1. The Morgan fingerprint density at radius 1 is 1.18 bits per heavy atom. The number of anilines is 1. The first kappa shape index (κ1) is 18.7. The van der Waals surface area contributed by atoms with Crippen molar-refractivity contribution in [3.63, 3.8) is 0 Å². The second-order valence-electron chi connectivity index (χ2n) is 6.71. The van der Waals surface area contributed by atoms with Gasteiger partial charge in [-0.2, -0.15) is 0 Å². The molecular weight excluding hydrogens is 395 g/mol. The van der Waals surface area contributed by atoms with E-state index in [2.05, 4.69) is 15.3 Å². The van der Waals surface area contributed by atoms with E-state index >= 15 is 0 Å². The lowest BCUT2D eigenvalue weighted by atomic mass is 10.1. The molecule has 7 nitrogen and oxygen atoms in total. The molecule has 0 atom stereocenters. The van der Waals surface area contributed by atoms with Crippen molar-refractivity contribution in [3.8, 4) is 0 Å². The zero-order valence-corrected chi connectivity index (χ0v) is 15.5. The molecule has 0 amide bonds. The molecule has 2 aromatic rings. The third kappa shape index (κ3) is 2.99. The van der Waals surface area contributed by atoms with Gasteiger partial charge in [-0.15, -0.1) is 0 Å². The fraction of sp³-hybridized carbons (Fsp3) is 0.353. The fourth-order valence-electron chi connectivity index (χ4n) is 3.47. The van der Waals surface area contributed by atoms with Crippen LogP contribution in [0.4, 0.5) is 19.0 Å². The van der Waals surface area contributed by atoms with E-state index in [1.165, 1.54) is 12.1 Å². The average molecular weight is 413 g/mol. The van der Waals surface area contributed by atoms with Crippen LogP contribution >= 0.6 is 0 Å². The summed E-state index contributed by atoms with van der Waals surface area (Å²) in [6.45, 7) is 0.249. The van der Waals surface area contributed by atoms with Crippen LogP contribution < -0.4 is 21.8 Å². The summed E-state index contributed by atoms with van der Waals surface area (Å²) in [4.78, 5) is 7.87. The zero-order valence-electron chi connectivity index (χ0n) is 14.7. The van der Waals surface area contributed by atoms with Crippen molar-refractivity contribution in [2.24, 2.45) is 4.99 Å². The van der Waals surface area contributed by atoms with Gasteiger partial charge in [-0.25, -0.2) is 21.6 Å². The Balaban J connectivity index is 1.87. The van der Waals surface area contributed by atoms with Gasteiger partial charge in [-0.1, -0.05) is 12.1 Å². The van der Waals surface area contributed by atoms with Gasteiger partial charge in [-0.05, 0) is 12.1 Å². The molecule has 0 radical (unpaired) electrons. The van der Waals surface area contributed by atoms with Gasteiger partial charge in [0.1, 0.15) is 44.6 Å². The number of hydrogen-bond donors (Lipinski definition) is 3.